The van der Waals surface area contributed by atoms with Gasteiger partial charge in [-0.3, -0.25) is 4.98 Å². The summed E-state index contributed by atoms with van der Waals surface area (Å²) in [7, 11) is 0. The molecule has 0 radical (unpaired) electrons. The van der Waals surface area contributed by atoms with Gasteiger partial charge >= 0.3 is 0 Å². The van der Waals surface area contributed by atoms with E-state index in [2.05, 4.69) is 94.9 Å². The maximum atomic E-state index is 11.9. The SMILES string of the molecule is CCC(C)(C)C.CS.Cc1nc(C(O)c2c(C(C)C)nc3c(c2C2=CCOCC2)C(O)CC(C)(C)C3)sc1C(C)(C)C. The largest absolute Gasteiger partial charge is 0.388 e. The maximum absolute atomic E-state index is 11.9. The van der Waals surface area contributed by atoms with Crippen molar-refractivity contribution in [2.45, 2.75) is 132 Å². The van der Waals surface area contributed by atoms with Gasteiger partial charge in [-0.25, -0.2) is 4.98 Å². The third kappa shape index (κ3) is 9.13. The molecular weight excluding hydrogens is 561 g/mol. The van der Waals surface area contributed by atoms with E-state index < -0.39 is 12.2 Å². The second-order valence-corrected chi connectivity index (χ2v) is 16.0. The summed E-state index contributed by atoms with van der Waals surface area (Å²) in [6, 6.07) is 0. The van der Waals surface area contributed by atoms with E-state index in [0.29, 0.717) is 30.1 Å². The third-order valence-corrected chi connectivity index (χ3v) is 9.64. The Morgan fingerprint density at radius 1 is 1.12 bits per heavy atom. The summed E-state index contributed by atoms with van der Waals surface area (Å²) in [5, 5.41) is 24.0. The summed E-state index contributed by atoms with van der Waals surface area (Å²) in [6.07, 6.45) is 5.83. The fourth-order valence-electron chi connectivity index (χ4n) is 5.50. The molecule has 2 atom stereocenters. The molecule has 5 nitrogen and oxygen atoms in total. The van der Waals surface area contributed by atoms with E-state index >= 15 is 0 Å². The van der Waals surface area contributed by atoms with E-state index in [0.717, 1.165) is 52.2 Å². The molecule has 4 rings (SSSR count). The highest BCUT2D eigenvalue weighted by Crippen LogP contribution is 2.48. The molecule has 0 bridgehead atoms. The quantitative estimate of drug-likeness (QED) is 0.298. The second kappa shape index (κ2) is 14.7. The van der Waals surface area contributed by atoms with Crippen molar-refractivity contribution in [1.82, 2.24) is 9.97 Å². The number of aryl methyl sites for hydroxylation is 1. The van der Waals surface area contributed by atoms with Gasteiger partial charge in [0.2, 0.25) is 0 Å². The minimum absolute atomic E-state index is 0.0246. The lowest BCUT2D eigenvalue weighted by Gasteiger charge is -2.38. The molecule has 2 aromatic rings. The number of hydrogen-bond acceptors (Lipinski definition) is 7. The number of hydrogen-bond donors (Lipinski definition) is 3. The Kier molecular flexibility index (Phi) is 12.9. The number of fused-ring (bicyclic) bond motifs is 1. The van der Waals surface area contributed by atoms with Gasteiger partial charge in [0.05, 0.1) is 30.7 Å². The van der Waals surface area contributed by atoms with Crippen LogP contribution in [0.4, 0.5) is 0 Å². The zero-order chi connectivity index (χ0) is 32.2. The van der Waals surface area contributed by atoms with E-state index in [4.69, 9.17) is 14.7 Å². The third-order valence-electron chi connectivity index (χ3n) is 8.00. The lowest BCUT2D eigenvalue weighted by molar-refractivity contribution is 0.0970. The van der Waals surface area contributed by atoms with Crippen molar-refractivity contribution in [3.8, 4) is 0 Å². The molecule has 0 spiro atoms. The van der Waals surface area contributed by atoms with Crippen LogP contribution in [0.3, 0.4) is 0 Å². The standard InChI is InChI=1S/C28H40N2O3S.C6H14.CH4S/c1-15(2)23-22(24(32)26-29-16(3)25(34-26)27(4,5)6)20(17-9-11-33-12-10-17)21-18(30-23)13-28(7,8)14-19(21)31;1-5-6(2,3)4;1-2/h9,15,19,24,31-32H,10-14H2,1-8H3;5H2,1-4H3;2H,1H3. The Morgan fingerprint density at radius 2 is 1.71 bits per heavy atom. The Bertz CT molecular complexity index is 1220. The number of thiazole rings is 1. The minimum atomic E-state index is -0.893. The van der Waals surface area contributed by atoms with Crippen LogP contribution in [-0.2, 0) is 16.6 Å². The summed E-state index contributed by atoms with van der Waals surface area (Å²) in [4.78, 5) is 11.2. The van der Waals surface area contributed by atoms with Crippen LogP contribution in [0.1, 0.15) is 157 Å². The van der Waals surface area contributed by atoms with Gasteiger partial charge < -0.3 is 14.9 Å². The molecule has 0 saturated carbocycles. The number of rotatable bonds is 4. The van der Waals surface area contributed by atoms with Gasteiger partial charge in [-0.05, 0) is 65.7 Å². The van der Waals surface area contributed by atoms with Crippen LogP contribution in [0, 0.1) is 17.8 Å². The Balaban J connectivity index is 0.000000686. The second-order valence-electron chi connectivity index (χ2n) is 14.9. The normalized spacial score (nSPS) is 19.2. The molecule has 42 heavy (non-hydrogen) atoms. The summed E-state index contributed by atoms with van der Waals surface area (Å²) in [6.45, 7) is 27.3. The van der Waals surface area contributed by atoms with Crippen LogP contribution in [0.15, 0.2) is 6.08 Å². The molecule has 7 heteroatoms. The van der Waals surface area contributed by atoms with Crippen LogP contribution in [0.25, 0.3) is 5.57 Å². The number of aliphatic hydroxyl groups excluding tert-OH is 2. The Hall–Kier alpha value is -1.25. The lowest BCUT2D eigenvalue weighted by Crippen LogP contribution is -2.30. The average molecular weight is 619 g/mol. The zero-order valence-corrected chi connectivity index (χ0v) is 30.3. The molecule has 1 aliphatic heterocycles. The van der Waals surface area contributed by atoms with Gasteiger partial charge in [-0.15, -0.1) is 11.3 Å². The smallest absolute Gasteiger partial charge is 0.133 e. The summed E-state index contributed by atoms with van der Waals surface area (Å²) in [5.41, 5.74) is 7.16. The predicted molar refractivity (Wildman–Crippen MR) is 183 cm³/mol. The van der Waals surface area contributed by atoms with Crippen molar-refractivity contribution in [1.29, 1.82) is 0 Å². The van der Waals surface area contributed by atoms with Crippen molar-refractivity contribution >= 4 is 29.5 Å². The fourth-order valence-corrected chi connectivity index (χ4v) is 6.62. The number of aliphatic hydroxyl groups is 2. The van der Waals surface area contributed by atoms with Gasteiger partial charge in [0.15, 0.2) is 0 Å². The predicted octanol–water partition coefficient (Wildman–Crippen LogP) is 9.15. The van der Waals surface area contributed by atoms with Crippen molar-refractivity contribution in [2.75, 3.05) is 19.5 Å². The highest BCUT2D eigenvalue weighted by atomic mass is 32.1. The van der Waals surface area contributed by atoms with E-state index in [1.165, 1.54) is 11.3 Å². The van der Waals surface area contributed by atoms with E-state index in [-0.39, 0.29) is 16.7 Å². The summed E-state index contributed by atoms with van der Waals surface area (Å²) >= 11 is 5.12. The first kappa shape index (κ1) is 36.9. The Labute approximate surface area is 266 Å². The molecule has 2 N–H and O–H groups in total. The van der Waals surface area contributed by atoms with E-state index in [1.54, 1.807) is 17.6 Å². The summed E-state index contributed by atoms with van der Waals surface area (Å²) in [5.74, 6) is 0.125. The molecule has 2 unspecified atom stereocenters. The number of thiol groups is 1. The van der Waals surface area contributed by atoms with Crippen molar-refractivity contribution < 1.29 is 14.9 Å². The van der Waals surface area contributed by atoms with Gasteiger partial charge in [0, 0.05) is 21.7 Å². The van der Waals surface area contributed by atoms with Crippen LogP contribution >= 0.6 is 24.0 Å². The monoisotopic (exact) mass is 618 g/mol. The maximum Gasteiger partial charge on any atom is 0.133 e. The molecule has 0 aromatic carbocycles. The molecule has 2 aliphatic rings. The highest BCUT2D eigenvalue weighted by Gasteiger charge is 2.39. The first-order valence-electron chi connectivity index (χ1n) is 15.5. The molecule has 0 fully saturated rings. The van der Waals surface area contributed by atoms with Crippen LogP contribution in [0.2, 0.25) is 0 Å². The number of nitrogens with zero attached hydrogens (tertiary/aromatic N) is 2. The van der Waals surface area contributed by atoms with Gasteiger partial charge in [-0.2, -0.15) is 12.6 Å². The zero-order valence-electron chi connectivity index (χ0n) is 28.6. The van der Waals surface area contributed by atoms with Gasteiger partial charge in [0.25, 0.3) is 0 Å². The number of aromatic nitrogens is 2. The molecule has 238 valence electrons. The van der Waals surface area contributed by atoms with E-state index in [1.807, 2.05) is 6.92 Å². The fraction of sp³-hybridized carbons (Fsp3) is 0.714. The first-order chi connectivity index (χ1) is 19.4. The van der Waals surface area contributed by atoms with Crippen LogP contribution in [-0.4, -0.2) is 39.7 Å². The lowest BCUT2D eigenvalue weighted by atomic mass is 9.71. The van der Waals surface area contributed by atoms with Crippen molar-refractivity contribution in [3.63, 3.8) is 0 Å². The van der Waals surface area contributed by atoms with Gasteiger partial charge in [-0.1, -0.05) is 88.7 Å². The highest BCUT2D eigenvalue weighted by molar-refractivity contribution is 7.79. The number of ether oxygens (including phenoxy) is 1. The molecule has 0 saturated heterocycles. The van der Waals surface area contributed by atoms with Crippen molar-refractivity contribution in [2.24, 2.45) is 10.8 Å². The Morgan fingerprint density at radius 3 is 2.17 bits per heavy atom. The molecule has 2 aromatic heterocycles. The average Bonchev–Trinajstić information content (AvgIpc) is 3.30. The van der Waals surface area contributed by atoms with E-state index in [9.17, 15) is 10.2 Å². The van der Waals surface area contributed by atoms with Gasteiger partial charge in [0.1, 0.15) is 11.1 Å². The number of pyridine rings is 1. The summed E-state index contributed by atoms with van der Waals surface area (Å²) < 4.78 is 5.62. The topological polar surface area (TPSA) is 75.5 Å². The molecule has 3 heterocycles. The van der Waals surface area contributed by atoms with Crippen LogP contribution in [0.5, 0.6) is 0 Å². The molecular formula is C35H58N2O3S2. The molecule has 0 amide bonds. The van der Waals surface area contributed by atoms with Crippen LogP contribution < -0.4 is 0 Å². The minimum Gasteiger partial charge on any atom is -0.388 e. The first-order valence-corrected chi connectivity index (χ1v) is 17.2. The molecule has 1 aliphatic carbocycles. The van der Waals surface area contributed by atoms with Crippen molar-refractivity contribution in [3.05, 3.63) is 49.7 Å².